The van der Waals surface area contributed by atoms with Crippen LogP contribution in [0, 0.1) is 0 Å². The number of unbranched alkanes of at least 4 members (excludes halogenated alkanes) is 4. The molecular weight excluding hydrogens is 633 g/mol. The van der Waals surface area contributed by atoms with E-state index >= 15 is 0 Å². The first-order chi connectivity index (χ1) is 23.0. The molecule has 11 nitrogen and oxygen atoms in total. The Morgan fingerprint density at radius 3 is 2.19 bits per heavy atom. The lowest BCUT2D eigenvalue weighted by Gasteiger charge is -2.26. The van der Waals surface area contributed by atoms with Crippen molar-refractivity contribution in [2.75, 3.05) is 31.7 Å². The highest BCUT2D eigenvalue weighted by molar-refractivity contribution is 7.56. The van der Waals surface area contributed by atoms with Crippen molar-refractivity contribution in [3.05, 3.63) is 72.1 Å². The van der Waals surface area contributed by atoms with Crippen LogP contribution in [0.5, 0.6) is 5.75 Å². The average Bonchev–Trinajstić information content (AvgIpc) is 3.05. The zero-order chi connectivity index (χ0) is 35.0. The van der Waals surface area contributed by atoms with Crippen molar-refractivity contribution in [2.45, 2.75) is 90.9 Å². The summed E-state index contributed by atoms with van der Waals surface area (Å²) in [6.45, 7) is 8.76. The second-order valence-electron chi connectivity index (χ2n) is 12.2. The minimum Gasteiger partial charge on any atom is -0.494 e. The molecule has 0 aliphatic carbocycles. The van der Waals surface area contributed by atoms with Gasteiger partial charge in [0.05, 0.1) is 37.4 Å². The molecule has 3 rings (SSSR count). The van der Waals surface area contributed by atoms with Crippen molar-refractivity contribution in [1.82, 2.24) is 9.97 Å². The maximum atomic E-state index is 13.6. The maximum absolute atomic E-state index is 13.6. The van der Waals surface area contributed by atoms with Crippen LogP contribution in [-0.2, 0) is 34.4 Å². The molecule has 0 aliphatic rings. The van der Waals surface area contributed by atoms with E-state index in [0.717, 1.165) is 49.0 Å². The van der Waals surface area contributed by atoms with E-state index in [1.807, 2.05) is 75.4 Å². The van der Waals surface area contributed by atoms with Crippen LogP contribution >= 0.6 is 7.60 Å². The number of hydrogen-bond acceptors (Lipinski definition) is 11. The number of aromatic nitrogens is 2. The summed E-state index contributed by atoms with van der Waals surface area (Å²) in [5.41, 5.74) is 2.45. The van der Waals surface area contributed by atoms with E-state index in [2.05, 4.69) is 10.3 Å². The van der Waals surface area contributed by atoms with Crippen molar-refractivity contribution in [3.63, 3.8) is 0 Å². The Kier molecular flexibility index (Phi) is 15.7. The number of aliphatic hydroxyl groups is 1. The zero-order valence-corrected chi connectivity index (χ0v) is 29.7. The Bertz CT molecular complexity index is 1470. The molecule has 0 bridgehead atoms. The van der Waals surface area contributed by atoms with Gasteiger partial charge in [-0.3, -0.25) is 14.2 Å². The monoisotopic (exact) mass is 683 g/mol. The van der Waals surface area contributed by atoms with Gasteiger partial charge < -0.3 is 28.9 Å². The number of rotatable bonds is 21. The van der Waals surface area contributed by atoms with E-state index in [4.69, 9.17) is 23.5 Å². The standard InChI is InChI=1S/C36H50N3O8P/c1-6-45-48(43,46-7-2)35(32(41)26-40)39-34-30(24-27-16-12-11-13-17-27)38-31(25-37-34)28-19-21-29(22-20-28)44-23-15-10-8-9-14-18-33(42)47-36(3,4)5/h11-13,16-17,19-22,25,35,40H,6-10,14-15,18,23-24,26H2,1-5H3,(H,37,39). The van der Waals surface area contributed by atoms with Gasteiger partial charge in [-0.25, -0.2) is 9.97 Å². The Balaban J connectivity index is 1.66. The Morgan fingerprint density at radius 1 is 0.917 bits per heavy atom. The van der Waals surface area contributed by atoms with E-state index < -0.39 is 31.4 Å². The van der Waals surface area contributed by atoms with Crippen LogP contribution in [0.2, 0.25) is 0 Å². The molecule has 0 spiro atoms. The summed E-state index contributed by atoms with van der Waals surface area (Å²) < 4.78 is 35.8. The largest absolute Gasteiger partial charge is 0.494 e. The fourth-order valence-corrected chi connectivity index (χ4v) is 6.71. The van der Waals surface area contributed by atoms with E-state index in [1.165, 1.54) is 0 Å². The quantitative estimate of drug-likeness (QED) is 0.0660. The highest BCUT2D eigenvalue weighted by atomic mass is 31.2. The van der Waals surface area contributed by atoms with E-state index in [9.17, 15) is 19.3 Å². The number of anilines is 1. The molecule has 12 heteroatoms. The number of esters is 1. The van der Waals surface area contributed by atoms with Gasteiger partial charge in [0.25, 0.3) is 0 Å². The topological polar surface area (TPSA) is 146 Å². The molecule has 0 aliphatic heterocycles. The number of ketones is 1. The smallest absolute Gasteiger partial charge is 0.360 e. The summed E-state index contributed by atoms with van der Waals surface area (Å²) in [7, 11) is -3.99. The van der Waals surface area contributed by atoms with Crippen LogP contribution in [0.4, 0.5) is 5.82 Å². The number of nitrogens with zero attached hydrogens (tertiary/aromatic N) is 2. The van der Waals surface area contributed by atoms with E-state index in [0.29, 0.717) is 30.8 Å². The SMILES string of the molecule is CCOP(=O)(OCC)C(Nc1ncc(-c2ccc(OCCCCCCCC(=O)OC(C)(C)C)cc2)nc1Cc1ccccc1)C(=O)CO. The number of carbonyl (C=O) groups excluding carboxylic acids is 2. The molecule has 2 N–H and O–H groups in total. The van der Waals surface area contributed by atoms with Crippen LogP contribution in [0.25, 0.3) is 11.3 Å². The Morgan fingerprint density at radius 2 is 1.56 bits per heavy atom. The summed E-state index contributed by atoms with van der Waals surface area (Å²) >= 11 is 0. The van der Waals surface area contributed by atoms with Crippen molar-refractivity contribution >= 4 is 25.2 Å². The van der Waals surface area contributed by atoms with Crippen molar-refractivity contribution < 1.29 is 37.8 Å². The second-order valence-corrected chi connectivity index (χ2v) is 14.3. The summed E-state index contributed by atoms with van der Waals surface area (Å²) in [6, 6.07) is 17.3. The van der Waals surface area contributed by atoms with Gasteiger partial charge in [0.1, 0.15) is 23.8 Å². The van der Waals surface area contributed by atoms with Crippen LogP contribution < -0.4 is 10.1 Å². The van der Waals surface area contributed by atoms with Gasteiger partial charge in [-0.05, 0) is 77.3 Å². The molecule has 0 saturated carbocycles. The molecule has 1 heterocycles. The summed E-state index contributed by atoms with van der Waals surface area (Å²) in [4.78, 5) is 34.1. The van der Waals surface area contributed by atoms with E-state index in [1.54, 1.807) is 20.0 Å². The predicted molar refractivity (Wildman–Crippen MR) is 186 cm³/mol. The minimum absolute atomic E-state index is 0.0484. The van der Waals surface area contributed by atoms with Gasteiger partial charge in [0.15, 0.2) is 11.6 Å². The third kappa shape index (κ3) is 12.8. The minimum atomic E-state index is -3.99. The van der Waals surface area contributed by atoms with Gasteiger partial charge in [-0.15, -0.1) is 0 Å². The van der Waals surface area contributed by atoms with Gasteiger partial charge in [0, 0.05) is 18.4 Å². The molecule has 0 saturated heterocycles. The molecule has 0 radical (unpaired) electrons. The molecule has 1 atom stereocenters. The number of benzene rings is 2. The Hall–Kier alpha value is -3.63. The lowest BCUT2D eigenvalue weighted by Crippen LogP contribution is -2.34. The molecule has 1 aromatic heterocycles. The molecule has 0 fully saturated rings. The predicted octanol–water partition coefficient (Wildman–Crippen LogP) is 7.36. The third-order valence-electron chi connectivity index (χ3n) is 7.09. The van der Waals surface area contributed by atoms with Gasteiger partial charge in [-0.2, -0.15) is 0 Å². The van der Waals surface area contributed by atoms with Crippen LogP contribution in [-0.4, -0.2) is 64.6 Å². The van der Waals surface area contributed by atoms with Crippen LogP contribution in [0.1, 0.15) is 84.4 Å². The van der Waals surface area contributed by atoms with Crippen molar-refractivity contribution in [2.24, 2.45) is 0 Å². The first kappa shape index (κ1) is 38.8. The summed E-state index contributed by atoms with van der Waals surface area (Å²) in [6.07, 6.45) is 7.16. The van der Waals surface area contributed by atoms with Crippen molar-refractivity contribution in [3.8, 4) is 17.0 Å². The summed E-state index contributed by atoms with van der Waals surface area (Å²) in [5, 5.41) is 12.6. The molecule has 3 aromatic rings. The average molecular weight is 684 g/mol. The molecule has 1 unspecified atom stereocenters. The third-order valence-corrected chi connectivity index (χ3v) is 9.38. The zero-order valence-electron chi connectivity index (χ0n) is 28.8. The first-order valence-electron chi connectivity index (χ1n) is 16.6. The second kappa shape index (κ2) is 19.4. The number of nitrogens with one attached hydrogen (secondary N) is 1. The normalized spacial score (nSPS) is 12.4. The number of ether oxygens (including phenoxy) is 2. The fourth-order valence-electron chi connectivity index (χ4n) is 4.90. The van der Waals surface area contributed by atoms with E-state index in [-0.39, 0.29) is 25.0 Å². The highest BCUT2D eigenvalue weighted by Gasteiger charge is 2.41. The lowest BCUT2D eigenvalue weighted by molar-refractivity contribution is -0.154. The number of aliphatic hydroxyl groups excluding tert-OH is 1. The number of carbonyl (C=O) groups is 2. The molecule has 0 amide bonds. The highest BCUT2D eigenvalue weighted by Crippen LogP contribution is 2.53. The number of Topliss-reactive ketones (excluding diaryl/α,β-unsaturated/α-hetero) is 1. The van der Waals surface area contributed by atoms with Gasteiger partial charge >= 0.3 is 13.6 Å². The molecule has 48 heavy (non-hydrogen) atoms. The van der Waals surface area contributed by atoms with Gasteiger partial charge in [-0.1, -0.05) is 49.6 Å². The maximum Gasteiger partial charge on any atom is 0.360 e. The molecule has 2 aromatic carbocycles. The van der Waals surface area contributed by atoms with Gasteiger partial charge in [0.2, 0.25) is 0 Å². The van der Waals surface area contributed by atoms with Crippen LogP contribution in [0.15, 0.2) is 60.8 Å². The number of hydrogen-bond donors (Lipinski definition) is 2. The summed E-state index contributed by atoms with van der Waals surface area (Å²) in [5.74, 6) is -1.38. The first-order valence-corrected chi connectivity index (χ1v) is 18.2. The van der Waals surface area contributed by atoms with Crippen LogP contribution in [0.3, 0.4) is 0 Å². The molecule has 262 valence electrons. The Labute approximate surface area is 284 Å². The van der Waals surface area contributed by atoms with Crippen molar-refractivity contribution in [1.29, 1.82) is 0 Å². The fraction of sp³-hybridized carbons (Fsp3) is 0.500. The molecular formula is C36H50N3O8P. The lowest BCUT2D eigenvalue weighted by atomic mass is 10.1.